The van der Waals surface area contributed by atoms with Crippen molar-refractivity contribution in [2.75, 3.05) is 6.54 Å². The molecule has 3 rings (SSSR count). The SMILES string of the molecule is Cc1c(C)[c]([Re])c2c([c]1[Rb])[C]1([RaH])OC(=O)C(=O)N1CC2. The normalized spacial score (nSPS) is 24.5. The molecule has 0 saturated carbocycles. The van der Waals surface area contributed by atoms with E-state index in [1.807, 2.05) is 0 Å². The molecule has 0 aromatic heterocycles. The molecule has 1 amide bonds. The van der Waals surface area contributed by atoms with E-state index in [9.17, 15) is 9.59 Å². The van der Waals surface area contributed by atoms with E-state index in [1.165, 1.54) is 24.9 Å². The molecule has 0 N–H and O–H groups in total. The number of hydrogen-bond acceptors (Lipinski definition) is 3. The van der Waals surface area contributed by atoms with Crippen LogP contribution < -0.4 is 2.67 Å². The zero-order chi connectivity index (χ0) is 14.8. The van der Waals surface area contributed by atoms with Crippen LogP contribution in [0.4, 0.5) is 0 Å². The predicted octanol–water partition coefficient (Wildman–Crippen LogP) is -1.40. The zero-order valence-corrected chi connectivity index (χ0v) is 27.8. The third-order valence-electron chi connectivity index (χ3n) is 4.67. The maximum atomic E-state index is 12.0. The summed E-state index contributed by atoms with van der Waals surface area (Å²) >= 11 is 1.83. The molecule has 4 nitrogen and oxygen atoms in total. The third-order valence-corrected chi connectivity index (χ3v) is 14.7. The van der Waals surface area contributed by atoms with Gasteiger partial charge in [0.15, 0.2) is 0 Å². The molecule has 1 aromatic carbocycles. The summed E-state index contributed by atoms with van der Waals surface area (Å²) in [6.07, 6.45) is 0.863. The predicted molar refractivity (Wildman–Crippen MR) is 65.5 cm³/mol. The van der Waals surface area contributed by atoms with Gasteiger partial charge in [-0.15, -0.1) is 0 Å². The number of benzene rings is 1. The molecule has 0 aliphatic carbocycles. The fourth-order valence-corrected chi connectivity index (χ4v) is 17.7. The minimum absolute atomic E-state index is 0.189. The van der Waals surface area contributed by atoms with Gasteiger partial charge in [-0.3, -0.25) is 0 Å². The first-order valence-corrected chi connectivity index (χ1v) is 14.5. The Labute approximate surface area is 196 Å². The molecule has 0 bridgehead atoms. The summed E-state index contributed by atoms with van der Waals surface area (Å²) in [5, 5.41) is 0. The van der Waals surface area contributed by atoms with Crippen molar-refractivity contribution in [1.29, 1.82) is 0 Å². The molecular weight excluding hydrogens is 716 g/mol. The van der Waals surface area contributed by atoms with Crippen molar-refractivity contribution < 1.29 is 76.3 Å². The Balaban J connectivity index is 2.33. The van der Waals surface area contributed by atoms with Gasteiger partial charge in [0.1, 0.15) is 0 Å². The second-order valence-corrected chi connectivity index (χ2v) is 15.0. The van der Waals surface area contributed by atoms with Gasteiger partial charge in [0, 0.05) is 0 Å². The van der Waals surface area contributed by atoms with Crippen LogP contribution in [-0.4, -0.2) is 78.9 Å². The van der Waals surface area contributed by atoms with Crippen molar-refractivity contribution in [3.8, 4) is 0 Å². The number of fused-ring (bicyclic) bond motifs is 3. The Hall–Kier alpha value is 2.10. The van der Waals surface area contributed by atoms with Crippen LogP contribution in [0.3, 0.4) is 0 Å². The van der Waals surface area contributed by atoms with E-state index < -0.39 is 12.6 Å². The quantitative estimate of drug-likeness (QED) is 0.245. The van der Waals surface area contributed by atoms with Crippen LogP contribution in [0, 0.1) is 56.6 Å². The summed E-state index contributed by atoms with van der Waals surface area (Å²) in [7, 11) is 0. The summed E-state index contributed by atoms with van der Waals surface area (Å²) < 4.78 is 7.73. The first-order valence-electron chi connectivity index (χ1n) is 6.62. The van der Waals surface area contributed by atoms with E-state index in [-0.39, 0.29) is 42.8 Å². The minimum atomic E-state index is -0.655. The van der Waals surface area contributed by atoms with Crippen molar-refractivity contribution in [2.24, 2.45) is 0 Å². The van der Waals surface area contributed by atoms with Gasteiger partial charge >= 0.3 is 201 Å². The molecule has 1 unspecified atom stereocenters. The second-order valence-electron chi connectivity index (χ2n) is 5.62. The number of ether oxygens (including phenoxy) is 1. The van der Waals surface area contributed by atoms with Gasteiger partial charge in [-0.05, 0) is 0 Å². The van der Waals surface area contributed by atoms with Crippen molar-refractivity contribution in [1.82, 2.24) is 4.90 Å². The van der Waals surface area contributed by atoms with Crippen LogP contribution in [0.2, 0.25) is 0 Å². The Bertz CT molecular complexity index is 678. The number of carbonyl (C=O) groups is 2. The van der Waals surface area contributed by atoms with Gasteiger partial charge in [-0.1, -0.05) is 0 Å². The van der Waals surface area contributed by atoms with Crippen molar-refractivity contribution in [3.63, 3.8) is 0 Å². The van der Waals surface area contributed by atoms with Crippen molar-refractivity contribution in [2.45, 2.75) is 21.0 Å². The maximum absolute atomic E-state index is 12.0. The molecule has 1 aromatic rings. The molecule has 2 aliphatic rings. The Morgan fingerprint density at radius 3 is 2.65 bits per heavy atom. The van der Waals surface area contributed by atoms with E-state index in [4.69, 9.17) is 4.74 Å². The molecule has 2 aliphatic heterocycles. The standard InChI is InChI=1S/C13H10NO3.Ra.Rb.Re.H/c1-7-5-9-3-4-14-11(15)13(16)17-12(14)10(9)6-8(7)2;;;;/h3-4H2,1-2H3;;;;. The Morgan fingerprint density at radius 2 is 2.00 bits per heavy atom. The molecule has 7 heteroatoms. The summed E-state index contributed by atoms with van der Waals surface area (Å²) in [5.41, 5.74) is 5.32. The van der Waals surface area contributed by atoms with Gasteiger partial charge in [0.2, 0.25) is 0 Å². The zero-order valence-electron chi connectivity index (χ0n) is 12.0. The first kappa shape index (κ1) is 16.9. The Morgan fingerprint density at radius 1 is 1.35 bits per heavy atom. The number of nitrogens with zero attached hydrogens (tertiary/aromatic N) is 1. The van der Waals surface area contributed by atoms with Gasteiger partial charge in [-0.25, -0.2) is 0 Å². The van der Waals surface area contributed by atoms with E-state index in [1.54, 1.807) is 24.1 Å². The summed E-state index contributed by atoms with van der Waals surface area (Å²) in [4.78, 5) is 25.5. The molecule has 0 spiro atoms. The number of hydrogen-bond donors (Lipinski definition) is 0. The van der Waals surface area contributed by atoms with Gasteiger partial charge in [0.25, 0.3) is 0 Å². The van der Waals surface area contributed by atoms with E-state index in [2.05, 4.69) is 13.8 Å². The number of amides is 1. The topological polar surface area (TPSA) is 46.6 Å². The van der Waals surface area contributed by atoms with Gasteiger partial charge in [-0.2, -0.15) is 0 Å². The number of esters is 1. The Kier molecular flexibility index (Phi) is 4.97. The van der Waals surface area contributed by atoms with Crippen LogP contribution >= 0.6 is 0 Å². The van der Waals surface area contributed by atoms with Crippen molar-refractivity contribution in [3.05, 3.63) is 22.3 Å². The molecular formula is C13H11NO3RaRbRe. The van der Waals surface area contributed by atoms with Gasteiger partial charge < -0.3 is 0 Å². The fourth-order valence-electron chi connectivity index (χ4n) is 3.37. The van der Waals surface area contributed by atoms with E-state index in [0.29, 0.717) is 62.1 Å². The van der Waals surface area contributed by atoms with Crippen LogP contribution in [0.25, 0.3) is 0 Å². The van der Waals surface area contributed by atoms with Crippen LogP contribution in [0.15, 0.2) is 0 Å². The summed E-state index contributed by atoms with van der Waals surface area (Å²) in [6, 6.07) is 0. The molecule has 96 valence electrons. The van der Waals surface area contributed by atoms with Gasteiger partial charge in [0.05, 0.1) is 0 Å². The average Bonchev–Trinajstić information content (AvgIpc) is 2.63. The molecule has 1 fully saturated rings. The molecule has 1 atom stereocenters. The third kappa shape index (κ3) is 2.33. The summed E-state index contributed by atoms with van der Waals surface area (Å²) in [5.74, 6) is -1.09. The van der Waals surface area contributed by atoms with Crippen LogP contribution in [0.5, 0.6) is 0 Å². The second kappa shape index (κ2) is 5.87. The molecule has 20 heavy (non-hydrogen) atoms. The van der Waals surface area contributed by atoms with E-state index >= 15 is 0 Å². The van der Waals surface area contributed by atoms with Crippen molar-refractivity contribution >= 4 is 70.1 Å². The molecule has 2 heterocycles. The monoisotopic (exact) mass is 727 g/mol. The van der Waals surface area contributed by atoms with E-state index in [0.717, 1.165) is 6.42 Å². The molecule has 0 radical (unpaired) electrons. The average molecular weight is 727 g/mol. The fraction of sp³-hybridized carbons (Fsp3) is 0.385. The van der Waals surface area contributed by atoms with Crippen LogP contribution in [-0.2, 0) is 40.7 Å². The number of rotatable bonds is 0. The summed E-state index contributed by atoms with van der Waals surface area (Å²) in [6.45, 7) is 4.99. The van der Waals surface area contributed by atoms with Crippen LogP contribution in [0.1, 0.15) is 22.3 Å². The first-order chi connectivity index (χ1) is 9.29. The molecule has 1 saturated heterocycles. The number of carbonyl (C=O) groups excluding carboxylic acids is 2.